The molecule has 0 aromatic carbocycles. The molecule has 1 aliphatic carbocycles. The van der Waals surface area contributed by atoms with Crippen molar-refractivity contribution in [1.29, 1.82) is 0 Å². The van der Waals surface area contributed by atoms with E-state index in [1.165, 1.54) is 12.8 Å². The average molecular weight is 240 g/mol. The SMILES string of the molecule is NCC1CCCCC1NC(=O)CC1CCCO1. The Kier molecular flexibility index (Phi) is 4.80. The van der Waals surface area contributed by atoms with E-state index in [1.54, 1.807) is 0 Å². The van der Waals surface area contributed by atoms with Crippen molar-refractivity contribution in [2.24, 2.45) is 11.7 Å². The first-order valence-electron chi connectivity index (χ1n) is 6.90. The second-order valence-electron chi connectivity index (χ2n) is 5.29. The molecule has 3 atom stereocenters. The van der Waals surface area contributed by atoms with Crippen LogP contribution in [0.2, 0.25) is 0 Å². The third-order valence-corrected chi connectivity index (χ3v) is 4.00. The van der Waals surface area contributed by atoms with Gasteiger partial charge in [-0.15, -0.1) is 0 Å². The summed E-state index contributed by atoms with van der Waals surface area (Å²) in [6.07, 6.45) is 7.48. The smallest absolute Gasteiger partial charge is 0.222 e. The Hall–Kier alpha value is -0.610. The van der Waals surface area contributed by atoms with E-state index in [0.717, 1.165) is 32.3 Å². The van der Waals surface area contributed by atoms with Gasteiger partial charge in [-0.1, -0.05) is 12.8 Å². The summed E-state index contributed by atoms with van der Waals surface area (Å²) in [6, 6.07) is 0.294. The Morgan fingerprint density at radius 2 is 2.06 bits per heavy atom. The summed E-state index contributed by atoms with van der Waals surface area (Å²) in [5.74, 6) is 0.611. The molecular formula is C13H24N2O2. The van der Waals surface area contributed by atoms with Crippen LogP contribution in [0.5, 0.6) is 0 Å². The van der Waals surface area contributed by atoms with Gasteiger partial charge >= 0.3 is 0 Å². The lowest BCUT2D eigenvalue weighted by molar-refractivity contribution is -0.124. The second kappa shape index (κ2) is 6.36. The van der Waals surface area contributed by atoms with Gasteiger partial charge in [0.1, 0.15) is 0 Å². The average Bonchev–Trinajstić information content (AvgIpc) is 2.82. The Balaban J connectivity index is 1.75. The Bertz CT molecular complexity index is 252. The first kappa shape index (κ1) is 12.8. The minimum atomic E-state index is 0.141. The van der Waals surface area contributed by atoms with Crippen LogP contribution >= 0.6 is 0 Å². The lowest BCUT2D eigenvalue weighted by Crippen LogP contribution is -2.45. The topological polar surface area (TPSA) is 64.3 Å². The first-order chi connectivity index (χ1) is 8.29. The number of carbonyl (C=O) groups is 1. The Labute approximate surface area is 103 Å². The molecule has 1 saturated heterocycles. The van der Waals surface area contributed by atoms with Gasteiger partial charge in [-0.2, -0.15) is 0 Å². The molecule has 17 heavy (non-hydrogen) atoms. The molecule has 4 heteroatoms. The third-order valence-electron chi connectivity index (χ3n) is 4.00. The maximum absolute atomic E-state index is 11.9. The summed E-state index contributed by atoms with van der Waals surface area (Å²) in [7, 11) is 0. The van der Waals surface area contributed by atoms with Crippen LogP contribution in [0.25, 0.3) is 0 Å². The summed E-state index contributed by atoms with van der Waals surface area (Å²) >= 11 is 0. The molecule has 98 valence electrons. The van der Waals surface area contributed by atoms with Gasteiger partial charge in [-0.3, -0.25) is 4.79 Å². The van der Waals surface area contributed by atoms with Crippen molar-refractivity contribution >= 4 is 5.91 Å². The van der Waals surface area contributed by atoms with Crippen LogP contribution in [-0.2, 0) is 9.53 Å². The van der Waals surface area contributed by atoms with E-state index >= 15 is 0 Å². The summed E-state index contributed by atoms with van der Waals surface area (Å²) in [5.41, 5.74) is 5.76. The summed E-state index contributed by atoms with van der Waals surface area (Å²) in [4.78, 5) is 11.9. The van der Waals surface area contributed by atoms with E-state index in [0.29, 0.717) is 24.9 Å². The molecule has 0 bridgehead atoms. The summed E-state index contributed by atoms with van der Waals surface area (Å²) in [5, 5.41) is 3.15. The lowest BCUT2D eigenvalue weighted by atomic mass is 9.84. The molecule has 1 saturated carbocycles. The molecule has 3 unspecified atom stereocenters. The number of rotatable bonds is 4. The van der Waals surface area contributed by atoms with Gasteiger partial charge in [0.25, 0.3) is 0 Å². The van der Waals surface area contributed by atoms with E-state index in [9.17, 15) is 4.79 Å². The minimum Gasteiger partial charge on any atom is -0.378 e. The molecule has 0 aromatic rings. The van der Waals surface area contributed by atoms with Crippen molar-refractivity contribution in [3.05, 3.63) is 0 Å². The number of hydrogen-bond donors (Lipinski definition) is 2. The van der Waals surface area contributed by atoms with Crippen LogP contribution in [0.3, 0.4) is 0 Å². The third kappa shape index (κ3) is 3.68. The van der Waals surface area contributed by atoms with Crippen LogP contribution in [0, 0.1) is 5.92 Å². The van der Waals surface area contributed by atoms with Gasteiger partial charge in [-0.05, 0) is 38.1 Å². The number of nitrogens with two attached hydrogens (primary N) is 1. The molecule has 4 nitrogen and oxygen atoms in total. The molecule has 2 aliphatic rings. The van der Waals surface area contributed by atoms with Crippen molar-refractivity contribution in [2.45, 2.75) is 57.1 Å². The lowest BCUT2D eigenvalue weighted by Gasteiger charge is -2.31. The maximum Gasteiger partial charge on any atom is 0.222 e. The number of nitrogens with one attached hydrogen (secondary N) is 1. The molecule has 2 fully saturated rings. The monoisotopic (exact) mass is 240 g/mol. The maximum atomic E-state index is 11.9. The zero-order valence-corrected chi connectivity index (χ0v) is 10.5. The zero-order chi connectivity index (χ0) is 12.1. The van der Waals surface area contributed by atoms with E-state index in [4.69, 9.17) is 10.5 Å². The van der Waals surface area contributed by atoms with E-state index in [2.05, 4.69) is 5.32 Å². The number of ether oxygens (including phenoxy) is 1. The van der Waals surface area contributed by atoms with Gasteiger partial charge in [0, 0.05) is 12.6 Å². The molecule has 0 radical (unpaired) electrons. The molecule has 0 spiro atoms. The van der Waals surface area contributed by atoms with Gasteiger partial charge < -0.3 is 15.8 Å². The predicted octanol–water partition coefficient (Wildman–Crippen LogP) is 1.19. The normalized spacial score (nSPS) is 33.6. The molecule has 1 aliphatic heterocycles. The second-order valence-corrected chi connectivity index (χ2v) is 5.29. The highest BCUT2D eigenvalue weighted by Crippen LogP contribution is 2.24. The van der Waals surface area contributed by atoms with Crippen LogP contribution in [0.1, 0.15) is 44.9 Å². The van der Waals surface area contributed by atoms with Crippen LogP contribution < -0.4 is 11.1 Å². The highest BCUT2D eigenvalue weighted by molar-refractivity contribution is 5.76. The Morgan fingerprint density at radius 1 is 1.24 bits per heavy atom. The number of amides is 1. The van der Waals surface area contributed by atoms with E-state index in [1.807, 2.05) is 0 Å². The van der Waals surface area contributed by atoms with Crippen molar-refractivity contribution in [3.63, 3.8) is 0 Å². The van der Waals surface area contributed by atoms with Crippen molar-refractivity contribution in [1.82, 2.24) is 5.32 Å². The van der Waals surface area contributed by atoms with Crippen molar-refractivity contribution in [3.8, 4) is 0 Å². The zero-order valence-electron chi connectivity index (χ0n) is 10.5. The van der Waals surface area contributed by atoms with Crippen molar-refractivity contribution < 1.29 is 9.53 Å². The highest BCUT2D eigenvalue weighted by atomic mass is 16.5. The number of carbonyl (C=O) groups excluding carboxylic acids is 1. The van der Waals surface area contributed by atoms with Gasteiger partial charge in [0.15, 0.2) is 0 Å². The molecule has 0 aromatic heterocycles. The van der Waals surface area contributed by atoms with Gasteiger partial charge in [0.05, 0.1) is 12.5 Å². The van der Waals surface area contributed by atoms with E-state index < -0.39 is 0 Å². The first-order valence-corrected chi connectivity index (χ1v) is 6.90. The molecule has 1 amide bonds. The fourth-order valence-electron chi connectivity index (χ4n) is 2.96. The van der Waals surface area contributed by atoms with E-state index in [-0.39, 0.29) is 12.0 Å². The largest absolute Gasteiger partial charge is 0.378 e. The summed E-state index contributed by atoms with van der Waals surface area (Å²) < 4.78 is 5.48. The van der Waals surface area contributed by atoms with Crippen molar-refractivity contribution in [2.75, 3.05) is 13.2 Å². The standard InChI is InChI=1S/C13H24N2O2/c14-9-10-4-1-2-6-12(10)15-13(16)8-11-5-3-7-17-11/h10-12H,1-9,14H2,(H,15,16). The van der Waals surface area contributed by atoms with Crippen LogP contribution in [-0.4, -0.2) is 31.2 Å². The predicted molar refractivity (Wildman–Crippen MR) is 66.5 cm³/mol. The number of hydrogen-bond acceptors (Lipinski definition) is 3. The molecular weight excluding hydrogens is 216 g/mol. The quantitative estimate of drug-likeness (QED) is 0.776. The molecule has 2 rings (SSSR count). The summed E-state index contributed by atoms with van der Waals surface area (Å²) in [6.45, 7) is 1.50. The van der Waals surface area contributed by atoms with Crippen LogP contribution in [0.4, 0.5) is 0 Å². The fraction of sp³-hybridized carbons (Fsp3) is 0.923. The Morgan fingerprint density at radius 3 is 2.76 bits per heavy atom. The van der Waals surface area contributed by atoms with Gasteiger partial charge in [0.2, 0.25) is 5.91 Å². The highest BCUT2D eigenvalue weighted by Gasteiger charge is 2.26. The minimum absolute atomic E-state index is 0.141. The fourth-order valence-corrected chi connectivity index (χ4v) is 2.96. The molecule has 1 heterocycles. The van der Waals surface area contributed by atoms with Crippen LogP contribution in [0.15, 0.2) is 0 Å². The molecule has 3 N–H and O–H groups in total. The van der Waals surface area contributed by atoms with Gasteiger partial charge in [-0.25, -0.2) is 0 Å².